The van der Waals surface area contributed by atoms with Crippen LogP contribution >= 0.6 is 15.9 Å². The van der Waals surface area contributed by atoms with Gasteiger partial charge >= 0.3 is 5.97 Å². The third kappa shape index (κ3) is 7.68. The fourth-order valence-electron chi connectivity index (χ4n) is 5.19. The highest BCUT2D eigenvalue weighted by Crippen LogP contribution is 2.38. The number of piperidine rings is 1. The molecule has 0 spiro atoms. The van der Waals surface area contributed by atoms with Crippen LogP contribution < -0.4 is 4.90 Å². The minimum Gasteiger partial charge on any atom is -0.464 e. The summed E-state index contributed by atoms with van der Waals surface area (Å²) in [4.78, 5) is 20.6. The second kappa shape index (κ2) is 13.5. The molecule has 9 heteroatoms. The average Bonchev–Trinajstić information content (AvgIpc) is 3.33. The minimum absolute atomic E-state index is 0.252. The maximum Gasteiger partial charge on any atom is 0.340 e. The first-order valence-electron chi connectivity index (χ1n) is 14.6. The number of carbonyl (C=O) groups is 1. The van der Waals surface area contributed by atoms with Crippen molar-refractivity contribution in [2.45, 2.75) is 78.1 Å². The van der Waals surface area contributed by atoms with Crippen molar-refractivity contribution in [1.82, 2.24) is 14.6 Å². The van der Waals surface area contributed by atoms with Crippen molar-refractivity contribution in [3.63, 3.8) is 0 Å². The van der Waals surface area contributed by atoms with Gasteiger partial charge in [0.05, 0.1) is 35.7 Å². The van der Waals surface area contributed by atoms with Crippen molar-refractivity contribution >= 4 is 39.4 Å². The first-order valence-corrected chi connectivity index (χ1v) is 15.4. The van der Waals surface area contributed by atoms with Crippen LogP contribution in [0, 0.1) is 6.92 Å². The summed E-state index contributed by atoms with van der Waals surface area (Å²) in [5.41, 5.74) is 3.23. The third-order valence-corrected chi connectivity index (χ3v) is 8.09. The predicted octanol–water partition coefficient (Wildman–Crippen LogP) is 7.04. The lowest BCUT2D eigenvalue weighted by Crippen LogP contribution is -2.45. The van der Waals surface area contributed by atoms with E-state index >= 15 is 0 Å². The molecule has 0 radical (unpaired) electrons. The van der Waals surface area contributed by atoms with E-state index in [4.69, 9.17) is 24.3 Å². The molecule has 8 nitrogen and oxygen atoms in total. The monoisotopic (exact) mass is 638 g/mol. The molecule has 1 aromatic carbocycles. The smallest absolute Gasteiger partial charge is 0.340 e. The van der Waals surface area contributed by atoms with E-state index in [0.29, 0.717) is 23.5 Å². The molecule has 1 fully saturated rings. The Morgan fingerprint density at radius 2 is 1.95 bits per heavy atom. The van der Waals surface area contributed by atoms with Gasteiger partial charge < -0.3 is 19.1 Å². The second-order valence-corrected chi connectivity index (χ2v) is 12.7. The SMILES string of the molecule is C=CCOC1(C)CCN(c2c([C@H](OC(C)(C)C)C(=O)OCC)c(C)nc3cc(/C=C/Cc4ccccc4Br)nn23)CC1. The number of aromatic nitrogens is 3. The van der Waals surface area contributed by atoms with Gasteiger partial charge in [-0.15, -0.1) is 6.58 Å². The number of benzene rings is 1. The molecule has 0 bridgehead atoms. The number of hydrogen-bond donors (Lipinski definition) is 0. The average molecular weight is 640 g/mol. The molecule has 0 N–H and O–H groups in total. The van der Waals surface area contributed by atoms with Crippen LogP contribution in [-0.4, -0.2) is 58.1 Å². The molecule has 0 unspecified atom stereocenters. The van der Waals surface area contributed by atoms with Gasteiger partial charge in [-0.1, -0.05) is 46.3 Å². The number of fused-ring (bicyclic) bond motifs is 1. The zero-order valence-corrected chi connectivity index (χ0v) is 27.2. The van der Waals surface area contributed by atoms with Crippen LogP contribution in [0.5, 0.6) is 0 Å². The topological polar surface area (TPSA) is 78.2 Å². The second-order valence-electron chi connectivity index (χ2n) is 11.9. The molecule has 3 heterocycles. The highest BCUT2D eigenvalue weighted by atomic mass is 79.9. The molecule has 1 aliphatic rings. The van der Waals surface area contributed by atoms with Crippen LogP contribution in [0.2, 0.25) is 0 Å². The highest BCUT2D eigenvalue weighted by molar-refractivity contribution is 9.10. The summed E-state index contributed by atoms with van der Waals surface area (Å²) in [7, 11) is 0. The number of halogens is 1. The third-order valence-electron chi connectivity index (χ3n) is 7.31. The molecular formula is C33H43BrN4O4. The van der Waals surface area contributed by atoms with Gasteiger partial charge in [0.25, 0.3) is 0 Å². The quantitative estimate of drug-likeness (QED) is 0.165. The molecule has 1 aliphatic heterocycles. The Kier molecular flexibility index (Phi) is 10.3. The molecule has 0 saturated carbocycles. The van der Waals surface area contributed by atoms with Crippen molar-refractivity contribution in [2.75, 3.05) is 31.2 Å². The molecule has 1 saturated heterocycles. The van der Waals surface area contributed by atoms with Gasteiger partial charge in [-0.3, -0.25) is 0 Å². The van der Waals surface area contributed by atoms with Gasteiger partial charge in [-0.05, 0) is 78.5 Å². The fourth-order valence-corrected chi connectivity index (χ4v) is 5.63. The number of esters is 1. The van der Waals surface area contributed by atoms with Gasteiger partial charge in [0.15, 0.2) is 11.8 Å². The number of anilines is 1. The lowest BCUT2D eigenvalue weighted by atomic mass is 9.92. The Morgan fingerprint density at radius 1 is 1.24 bits per heavy atom. The summed E-state index contributed by atoms with van der Waals surface area (Å²) >= 11 is 3.63. The van der Waals surface area contributed by atoms with Crippen molar-refractivity contribution in [1.29, 1.82) is 0 Å². The van der Waals surface area contributed by atoms with Crippen molar-refractivity contribution in [3.05, 3.63) is 76.1 Å². The first kappa shape index (κ1) is 31.9. The maximum atomic E-state index is 13.4. The minimum atomic E-state index is -0.958. The van der Waals surface area contributed by atoms with E-state index in [2.05, 4.69) is 46.5 Å². The van der Waals surface area contributed by atoms with E-state index in [1.807, 2.05) is 62.6 Å². The lowest BCUT2D eigenvalue weighted by molar-refractivity contribution is -0.166. The molecule has 1 atom stereocenters. The van der Waals surface area contributed by atoms with Crippen LogP contribution in [0.1, 0.15) is 76.1 Å². The van der Waals surface area contributed by atoms with Gasteiger partial charge in [-0.2, -0.15) is 9.61 Å². The first-order chi connectivity index (χ1) is 19.9. The van der Waals surface area contributed by atoms with Crippen molar-refractivity contribution in [3.8, 4) is 0 Å². The van der Waals surface area contributed by atoms with Gasteiger partial charge in [-0.25, -0.2) is 9.78 Å². The van der Waals surface area contributed by atoms with E-state index in [1.54, 1.807) is 13.0 Å². The Labute approximate surface area is 257 Å². The molecule has 4 rings (SSSR count). The van der Waals surface area contributed by atoms with E-state index in [0.717, 1.165) is 48.3 Å². The summed E-state index contributed by atoms with van der Waals surface area (Å²) in [5.74, 6) is 0.367. The molecule has 0 aliphatic carbocycles. The van der Waals surface area contributed by atoms with Crippen molar-refractivity contribution in [2.24, 2.45) is 0 Å². The van der Waals surface area contributed by atoms with Crippen LogP contribution in [0.3, 0.4) is 0 Å². The van der Waals surface area contributed by atoms with E-state index in [9.17, 15) is 4.79 Å². The van der Waals surface area contributed by atoms with Gasteiger partial charge in [0.1, 0.15) is 5.82 Å². The van der Waals surface area contributed by atoms with Gasteiger partial charge in [0.2, 0.25) is 0 Å². The summed E-state index contributed by atoms with van der Waals surface area (Å²) in [6, 6.07) is 10.2. The van der Waals surface area contributed by atoms with E-state index in [1.165, 1.54) is 5.56 Å². The lowest BCUT2D eigenvalue weighted by Gasteiger charge is -2.41. The summed E-state index contributed by atoms with van der Waals surface area (Å²) in [5, 5.41) is 4.98. The Morgan fingerprint density at radius 3 is 2.60 bits per heavy atom. The van der Waals surface area contributed by atoms with Crippen molar-refractivity contribution < 1.29 is 19.0 Å². The summed E-state index contributed by atoms with van der Waals surface area (Å²) in [6.07, 6.45) is 7.33. The summed E-state index contributed by atoms with van der Waals surface area (Å²) < 4.78 is 21.0. The molecule has 42 heavy (non-hydrogen) atoms. The molecule has 226 valence electrons. The molecular weight excluding hydrogens is 596 g/mol. The largest absolute Gasteiger partial charge is 0.464 e. The normalized spacial score (nSPS) is 16.2. The van der Waals surface area contributed by atoms with Crippen LogP contribution in [-0.2, 0) is 25.4 Å². The standard InChI is InChI=1S/C33H43BrN4O4/c1-8-21-41-33(7)17-19-37(20-18-33)30-28(29(31(39)40-9-2)42-32(4,5)6)23(3)35-27-22-25(36-38(27)30)15-12-14-24-13-10-11-16-26(24)34/h8,10-13,15-16,22,29H,1,9,14,17-21H2,2-7H3/b15-12+/t29-/m0/s1. The Hall–Kier alpha value is -3.01. The Balaban J connectivity index is 1.79. The summed E-state index contributed by atoms with van der Waals surface area (Å²) in [6.45, 7) is 17.7. The molecule has 3 aromatic rings. The number of aryl methyl sites for hydroxylation is 1. The zero-order valence-electron chi connectivity index (χ0n) is 25.7. The number of hydrogen-bond acceptors (Lipinski definition) is 7. The number of nitrogens with zero attached hydrogens (tertiary/aromatic N) is 4. The number of rotatable bonds is 11. The Bertz CT molecular complexity index is 1430. The fraction of sp³-hybridized carbons (Fsp3) is 0.485. The molecule has 2 aromatic heterocycles. The number of allylic oxidation sites excluding steroid dienone is 1. The maximum absolute atomic E-state index is 13.4. The van der Waals surface area contributed by atoms with Gasteiger partial charge in [0, 0.05) is 29.3 Å². The number of carbonyl (C=O) groups excluding carboxylic acids is 1. The van der Waals surface area contributed by atoms with Crippen LogP contribution in [0.4, 0.5) is 5.82 Å². The van der Waals surface area contributed by atoms with E-state index < -0.39 is 17.7 Å². The number of ether oxygens (including phenoxy) is 3. The zero-order chi connectivity index (χ0) is 30.5. The molecule has 0 amide bonds. The highest BCUT2D eigenvalue weighted by Gasteiger charge is 2.38. The van der Waals surface area contributed by atoms with Crippen LogP contribution in [0.15, 0.2) is 53.5 Å². The van der Waals surface area contributed by atoms with Crippen LogP contribution in [0.25, 0.3) is 11.7 Å². The van der Waals surface area contributed by atoms with E-state index in [-0.39, 0.29) is 12.2 Å². The predicted molar refractivity (Wildman–Crippen MR) is 171 cm³/mol.